The third-order valence-corrected chi connectivity index (χ3v) is 1.54. The van der Waals surface area contributed by atoms with Gasteiger partial charge in [-0.15, -0.1) is 0 Å². The molecule has 0 amide bonds. The summed E-state index contributed by atoms with van der Waals surface area (Å²) in [5.74, 6) is -1.24. The predicted molar refractivity (Wildman–Crippen MR) is 46.1 cm³/mol. The van der Waals surface area contributed by atoms with Crippen molar-refractivity contribution in [3.05, 3.63) is 22.2 Å². The maximum Gasteiger partial charge on any atom is 0.342 e. The molecule has 0 fully saturated rings. The van der Waals surface area contributed by atoms with Gasteiger partial charge in [0.05, 0.1) is 0 Å². The van der Waals surface area contributed by atoms with Crippen molar-refractivity contribution in [1.82, 2.24) is 9.97 Å². The molecule has 0 unspecified atom stereocenters. The van der Waals surface area contributed by atoms with E-state index in [0.717, 1.165) is 6.33 Å². The Hall–Kier alpha value is -1.20. The van der Waals surface area contributed by atoms with Gasteiger partial charge in [-0.25, -0.2) is 14.8 Å². The molecule has 0 spiro atoms. The van der Waals surface area contributed by atoms with Crippen molar-refractivity contribution < 1.29 is 14.7 Å². The minimum absolute atomic E-state index is 0.155. The van der Waals surface area contributed by atoms with Gasteiger partial charge in [-0.2, -0.15) is 0 Å². The second kappa shape index (κ2) is 5.45. The van der Waals surface area contributed by atoms with Gasteiger partial charge in [0.1, 0.15) is 29.0 Å². The highest BCUT2D eigenvalue weighted by Gasteiger charge is 2.14. The summed E-state index contributed by atoms with van der Waals surface area (Å²) < 4.78 is 0. The first-order valence-electron chi connectivity index (χ1n) is 2.81. The van der Waals surface area contributed by atoms with Crippen LogP contribution < -0.4 is 0 Å². The van der Waals surface area contributed by atoms with E-state index in [1.165, 1.54) is 0 Å². The minimum atomic E-state index is -1.24. The average Bonchev–Trinajstić information content (AvgIpc) is 2.07. The molecule has 1 N–H and O–H groups in total. The fourth-order valence-corrected chi connectivity index (χ4v) is 0.997. The summed E-state index contributed by atoms with van der Waals surface area (Å²) in [6.07, 6.45) is 1.09. The van der Waals surface area contributed by atoms with Gasteiger partial charge in [0.25, 0.3) is 0 Å². The van der Waals surface area contributed by atoms with Crippen LogP contribution in [-0.2, 0) is 4.79 Å². The smallest absolute Gasteiger partial charge is 0.342 e. The number of carboxylic acid groups (broad SMARTS) is 1. The number of nitrogens with zero attached hydrogens (tertiary/aromatic N) is 2. The van der Waals surface area contributed by atoms with Crippen LogP contribution in [0, 0.1) is 0 Å². The summed E-state index contributed by atoms with van der Waals surface area (Å²) in [6.45, 7) is 2.00. The maximum atomic E-state index is 10.4. The van der Waals surface area contributed by atoms with Gasteiger partial charge < -0.3 is 9.90 Å². The number of halogens is 2. The van der Waals surface area contributed by atoms with Crippen LogP contribution in [0.15, 0.2) is 6.33 Å². The maximum absolute atomic E-state index is 10.4. The summed E-state index contributed by atoms with van der Waals surface area (Å²) in [5, 5.41) is 8.19. The van der Waals surface area contributed by atoms with E-state index in [4.69, 9.17) is 33.1 Å². The highest BCUT2D eigenvalue weighted by atomic mass is 35.5. The van der Waals surface area contributed by atoms with Crippen LogP contribution in [0.4, 0.5) is 0 Å². The fourth-order valence-electron chi connectivity index (χ4n) is 0.521. The lowest BCUT2D eigenvalue weighted by molar-refractivity contribution is -0.0980. The van der Waals surface area contributed by atoms with E-state index >= 15 is 0 Å². The Morgan fingerprint density at radius 2 is 1.69 bits per heavy atom. The van der Waals surface area contributed by atoms with E-state index < -0.39 is 5.97 Å². The Balaban J connectivity index is 0.000000671. The van der Waals surface area contributed by atoms with E-state index in [2.05, 4.69) is 9.97 Å². The highest BCUT2D eigenvalue weighted by molar-refractivity contribution is 6.37. The lowest BCUT2D eigenvalue weighted by Gasteiger charge is -1.96. The van der Waals surface area contributed by atoms with Gasteiger partial charge in [-0.3, -0.25) is 0 Å². The van der Waals surface area contributed by atoms with Crippen LogP contribution in [-0.4, -0.2) is 27.8 Å². The Bertz CT molecular complexity index is 298. The molecule has 0 aromatic carbocycles. The topological polar surface area (TPSA) is 80.2 Å². The largest absolute Gasteiger partial charge is 0.477 e. The summed E-state index contributed by atoms with van der Waals surface area (Å²) in [4.78, 5) is 25.3. The summed E-state index contributed by atoms with van der Waals surface area (Å²) >= 11 is 10.8. The van der Waals surface area contributed by atoms with Crippen molar-refractivity contribution in [2.75, 3.05) is 0 Å². The first kappa shape index (κ1) is 11.8. The molecular weight excluding hydrogens is 219 g/mol. The number of hydrogen-bond donors (Lipinski definition) is 1. The molecule has 0 saturated heterocycles. The molecule has 1 aromatic rings. The number of carbonyl (C=O) groups excluding carboxylic acids is 1. The molecule has 0 aliphatic heterocycles. The molecule has 1 heterocycles. The summed E-state index contributed by atoms with van der Waals surface area (Å²) in [7, 11) is 0. The molecule has 70 valence electrons. The standard InChI is InChI=1S/C5H2Cl2N2O2.CH2O/c6-3-2(5(10)11)4(7)9-1-8-3;1-2/h1H,(H,10,11);1H2. The quantitative estimate of drug-likeness (QED) is 0.725. The van der Waals surface area contributed by atoms with Crippen molar-refractivity contribution in [3.63, 3.8) is 0 Å². The Morgan fingerprint density at radius 1 is 1.31 bits per heavy atom. The molecule has 1 rings (SSSR count). The van der Waals surface area contributed by atoms with Gasteiger partial charge in [-0.1, -0.05) is 23.2 Å². The molecular formula is C6H4Cl2N2O3. The lowest BCUT2D eigenvalue weighted by atomic mass is 10.3. The number of rotatable bonds is 1. The Morgan fingerprint density at radius 3 is 1.92 bits per heavy atom. The minimum Gasteiger partial charge on any atom is -0.477 e. The average molecular weight is 223 g/mol. The van der Waals surface area contributed by atoms with Crippen molar-refractivity contribution >= 4 is 36.0 Å². The lowest BCUT2D eigenvalue weighted by Crippen LogP contribution is -2.01. The van der Waals surface area contributed by atoms with Crippen LogP contribution in [0.2, 0.25) is 10.3 Å². The van der Waals surface area contributed by atoms with E-state index in [0.29, 0.717) is 0 Å². The van der Waals surface area contributed by atoms with Gasteiger partial charge in [-0.05, 0) is 0 Å². The number of carbonyl (C=O) groups is 2. The second-order valence-corrected chi connectivity index (χ2v) is 2.35. The molecule has 0 radical (unpaired) electrons. The van der Waals surface area contributed by atoms with Crippen LogP contribution in [0.25, 0.3) is 0 Å². The first-order valence-corrected chi connectivity index (χ1v) is 3.56. The van der Waals surface area contributed by atoms with Gasteiger partial charge in [0.15, 0.2) is 0 Å². The fraction of sp³-hybridized carbons (Fsp3) is 0. The van der Waals surface area contributed by atoms with Crippen LogP contribution >= 0.6 is 23.2 Å². The zero-order valence-corrected chi connectivity index (χ0v) is 7.71. The SMILES string of the molecule is C=O.O=C(O)c1c(Cl)ncnc1Cl. The monoisotopic (exact) mass is 222 g/mol. The second-order valence-electron chi connectivity index (χ2n) is 1.64. The molecule has 0 saturated carbocycles. The predicted octanol–water partition coefficient (Wildman–Crippen LogP) is 1.30. The normalized spacial score (nSPS) is 8.46. The molecule has 7 heteroatoms. The van der Waals surface area contributed by atoms with E-state index in [9.17, 15) is 4.79 Å². The van der Waals surface area contributed by atoms with Crippen molar-refractivity contribution in [1.29, 1.82) is 0 Å². The highest BCUT2D eigenvalue weighted by Crippen LogP contribution is 2.18. The zero-order chi connectivity index (χ0) is 10.4. The van der Waals surface area contributed by atoms with Gasteiger partial charge in [0, 0.05) is 0 Å². The zero-order valence-electron chi connectivity index (χ0n) is 6.20. The molecule has 13 heavy (non-hydrogen) atoms. The number of carboxylic acids is 1. The number of hydrogen-bond acceptors (Lipinski definition) is 4. The third kappa shape index (κ3) is 2.96. The van der Waals surface area contributed by atoms with Crippen LogP contribution in [0.1, 0.15) is 10.4 Å². The molecule has 1 aromatic heterocycles. The Labute approximate surface area is 83.3 Å². The first-order chi connectivity index (χ1) is 6.13. The Kier molecular flexibility index (Phi) is 4.94. The molecule has 0 aliphatic carbocycles. The molecule has 0 aliphatic rings. The summed E-state index contributed by atoms with van der Waals surface area (Å²) in [6, 6.07) is 0. The van der Waals surface area contributed by atoms with Crippen molar-refractivity contribution in [3.8, 4) is 0 Å². The van der Waals surface area contributed by atoms with Crippen LogP contribution in [0.5, 0.6) is 0 Å². The van der Waals surface area contributed by atoms with Crippen molar-refractivity contribution in [2.45, 2.75) is 0 Å². The van der Waals surface area contributed by atoms with Gasteiger partial charge >= 0.3 is 5.97 Å². The van der Waals surface area contributed by atoms with E-state index in [-0.39, 0.29) is 15.9 Å². The van der Waals surface area contributed by atoms with E-state index in [1.807, 2.05) is 6.79 Å². The van der Waals surface area contributed by atoms with Crippen molar-refractivity contribution in [2.24, 2.45) is 0 Å². The van der Waals surface area contributed by atoms with Crippen LogP contribution in [0.3, 0.4) is 0 Å². The van der Waals surface area contributed by atoms with Gasteiger partial charge in [0.2, 0.25) is 0 Å². The number of aromatic nitrogens is 2. The van der Waals surface area contributed by atoms with E-state index in [1.54, 1.807) is 0 Å². The molecule has 0 bridgehead atoms. The summed E-state index contributed by atoms with van der Waals surface area (Å²) in [5.41, 5.74) is -0.268. The molecule has 0 atom stereocenters. The number of aromatic carboxylic acids is 1. The molecule has 5 nitrogen and oxygen atoms in total. The third-order valence-electron chi connectivity index (χ3n) is 0.969.